The number of hydrogen-bond donors (Lipinski definition) is 1. The van der Waals surface area contributed by atoms with Crippen LogP contribution in [-0.2, 0) is 6.42 Å². The van der Waals surface area contributed by atoms with Crippen molar-refractivity contribution in [1.82, 2.24) is 15.0 Å². The van der Waals surface area contributed by atoms with Gasteiger partial charge in [-0.2, -0.15) is 0 Å². The van der Waals surface area contributed by atoms with E-state index in [2.05, 4.69) is 27.2 Å². The summed E-state index contributed by atoms with van der Waals surface area (Å²) in [4.78, 5) is 13.0. The molecule has 1 N–H and O–H groups in total. The van der Waals surface area contributed by atoms with Crippen molar-refractivity contribution in [2.45, 2.75) is 33.2 Å². The highest BCUT2D eigenvalue weighted by molar-refractivity contribution is 7.09. The molecule has 2 aromatic rings. The highest BCUT2D eigenvalue weighted by Crippen LogP contribution is 2.25. The lowest BCUT2D eigenvalue weighted by Gasteiger charge is -2.15. The number of nitrogens with zero attached hydrogens (tertiary/aromatic N) is 3. The fraction of sp³-hybridized carbons (Fsp3) is 0.417. The van der Waals surface area contributed by atoms with E-state index in [1.807, 2.05) is 19.2 Å². The first-order chi connectivity index (χ1) is 8.61. The van der Waals surface area contributed by atoms with Gasteiger partial charge in [0.1, 0.15) is 21.8 Å². The van der Waals surface area contributed by atoms with Crippen LogP contribution in [0.2, 0.25) is 5.15 Å². The van der Waals surface area contributed by atoms with E-state index in [1.165, 1.54) is 0 Å². The molecule has 0 aliphatic carbocycles. The highest BCUT2D eigenvalue weighted by Gasteiger charge is 2.13. The van der Waals surface area contributed by atoms with Gasteiger partial charge in [-0.3, -0.25) is 0 Å². The maximum Gasteiger partial charge on any atom is 0.137 e. The Labute approximate surface area is 115 Å². The largest absolute Gasteiger partial charge is 0.361 e. The lowest BCUT2D eigenvalue weighted by molar-refractivity contribution is 0.841. The highest BCUT2D eigenvalue weighted by atomic mass is 35.5. The van der Waals surface area contributed by atoms with Crippen molar-refractivity contribution < 1.29 is 0 Å². The van der Waals surface area contributed by atoms with E-state index < -0.39 is 0 Å². The fourth-order valence-corrected chi connectivity index (χ4v) is 2.38. The van der Waals surface area contributed by atoms with Crippen molar-refractivity contribution in [3.05, 3.63) is 33.1 Å². The first-order valence-electron chi connectivity index (χ1n) is 5.80. The molecule has 0 radical (unpaired) electrons. The molecule has 0 spiro atoms. The number of nitrogens with one attached hydrogen (secondary N) is 1. The number of anilines is 1. The number of hydrogen-bond acceptors (Lipinski definition) is 5. The van der Waals surface area contributed by atoms with Gasteiger partial charge in [0.2, 0.25) is 0 Å². The zero-order chi connectivity index (χ0) is 13.1. The molecule has 0 saturated carbocycles. The monoisotopic (exact) mass is 282 g/mol. The van der Waals surface area contributed by atoms with E-state index in [1.54, 1.807) is 17.5 Å². The van der Waals surface area contributed by atoms with Gasteiger partial charge < -0.3 is 5.32 Å². The molecule has 2 aromatic heterocycles. The van der Waals surface area contributed by atoms with Crippen molar-refractivity contribution in [2.75, 3.05) is 5.32 Å². The Kier molecular flexibility index (Phi) is 4.14. The Morgan fingerprint density at radius 3 is 2.83 bits per heavy atom. The van der Waals surface area contributed by atoms with E-state index in [0.29, 0.717) is 5.15 Å². The van der Waals surface area contributed by atoms with Crippen molar-refractivity contribution in [2.24, 2.45) is 0 Å². The molecular weight excluding hydrogens is 268 g/mol. The minimum Gasteiger partial charge on any atom is -0.361 e. The van der Waals surface area contributed by atoms with Crippen LogP contribution in [0, 0.1) is 6.92 Å². The van der Waals surface area contributed by atoms with E-state index >= 15 is 0 Å². The predicted molar refractivity (Wildman–Crippen MR) is 75.3 cm³/mol. The Morgan fingerprint density at radius 1 is 1.44 bits per heavy atom. The SMILES string of the molecule is CCc1nc(Cl)c(C)c(NC(C)c2nccs2)n1. The number of aromatic nitrogens is 3. The maximum absolute atomic E-state index is 6.10. The molecule has 1 unspecified atom stereocenters. The molecule has 6 heteroatoms. The second-order valence-electron chi connectivity index (χ2n) is 3.99. The summed E-state index contributed by atoms with van der Waals surface area (Å²) in [7, 11) is 0. The minimum atomic E-state index is 0.111. The van der Waals surface area contributed by atoms with E-state index in [4.69, 9.17) is 11.6 Å². The van der Waals surface area contributed by atoms with Gasteiger partial charge in [0.25, 0.3) is 0 Å². The summed E-state index contributed by atoms with van der Waals surface area (Å²) >= 11 is 7.72. The number of aryl methyl sites for hydroxylation is 1. The topological polar surface area (TPSA) is 50.7 Å². The van der Waals surface area contributed by atoms with Gasteiger partial charge in [-0.25, -0.2) is 15.0 Å². The van der Waals surface area contributed by atoms with E-state index in [-0.39, 0.29) is 6.04 Å². The van der Waals surface area contributed by atoms with Gasteiger partial charge in [-0.05, 0) is 13.8 Å². The first kappa shape index (κ1) is 13.2. The predicted octanol–water partition coefficient (Wildman–Crippen LogP) is 3.63. The number of halogens is 1. The zero-order valence-corrected chi connectivity index (χ0v) is 12.1. The van der Waals surface area contributed by atoms with Gasteiger partial charge in [-0.1, -0.05) is 18.5 Å². The van der Waals surface area contributed by atoms with Crippen LogP contribution in [0.3, 0.4) is 0 Å². The first-order valence-corrected chi connectivity index (χ1v) is 7.06. The standard InChI is InChI=1S/C12H15ClN4S/c1-4-9-16-10(13)7(2)11(17-9)15-8(3)12-14-5-6-18-12/h5-6,8H,4H2,1-3H3,(H,15,16,17). The summed E-state index contributed by atoms with van der Waals surface area (Å²) < 4.78 is 0. The van der Waals surface area contributed by atoms with Crippen LogP contribution in [0.1, 0.15) is 36.3 Å². The molecule has 96 valence electrons. The summed E-state index contributed by atoms with van der Waals surface area (Å²) in [5.41, 5.74) is 0.872. The molecule has 1 atom stereocenters. The van der Waals surface area contributed by atoms with Gasteiger partial charge in [0, 0.05) is 23.6 Å². The molecule has 0 aromatic carbocycles. The van der Waals surface area contributed by atoms with Crippen LogP contribution in [-0.4, -0.2) is 15.0 Å². The molecule has 2 heterocycles. The average molecular weight is 283 g/mol. The molecule has 0 fully saturated rings. The van der Waals surface area contributed by atoms with Crippen LogP contribution < -0.4 is 5.32 Å². The van der Waals surface area contributed by atoms with Crippen LogP contribution in [0.15, 0.2) is 11.6 Å². The molecule has 18 heavy (non-hydrogen) atoms. The van der Waals surface area contributed by atoms with Crippen LogP contribution in [0.4, 0.5) is 5.82 Å². The number of rotatable bonds is 4. The third-order valence-corrected chi connectivity index (χ3v) is 3.95. The van der Waals surface area contributed by atoms with Gasteiger partial charge in [0.15, 0.2) is 0 Å². The van der Waals surface area contributed by atoms with E-state index in [0.717, 1.165) is 28.6 Å². The second kappa shape index (κ2) is 5.63. The lowest BCUT2D eigenvalue weighted by Crippen LogP contribution is -2.11. The van der Waals surface area contributed by atoms with Gasteiger partial charge >= 0.3 is 0 Å². The smallest absolute Gasteiger partial charge is 0.137 e. The third-order valence-electron chi connectivity index (χ3n) is 2.62. The van der Waals surface area contributed by atoms with Crippen LogP contribution >= 0.6 is 22.9 Å². The number of thiazole rings is 1. The quantitative estimate of drug-likeness (QED) is 0.870. The Morgan fingerprint density at radius 2 is 2.22 bits per heavy atom. The summed E-state index contributed by atoms with van der Waals surface area (Å²) in [6.07, 6.45) is 2.57. The van der Waals surface area contributed by atoms with Crippen molar-refractivity contribution in [1.29, 1.82) is 0 Å². The molecule has 0 amide bonds. The normalized spacial score (nSPS) is 12.4. The molecular formula is C12H15ClN4S. The summed E-state index contributed by atoms with van der Waals surface area (Å²) in [6, 6.07) is 0.111. The molecule has 2 rings (SSSR count). The van der Waals surface area contributed by atoms with Gasteiger partial charge in [0.05, 0.1) is 6.04 Å². The summed E-state index contributed by atoms with van der Waals surface area (Å²) in [5.74, 6) is 1.54. The molecule has 0 bridgehead atoms. The average Bonchev–Trinajstić information content (AvgIpc) is 2.88. The molecule has 4 nitrogen and oxygen atoms in total. The molecule has 0 aliphatic rings. The van der Waals surface area contributed by atoms with Crippen molar-refractivity contribution in [3.8, 4) is 0 Å². The van der Waals surface area contributed by atoms with E-state index in [9.17, 15) is 0 Å². The Bertz CT molecular complexity index is 527. The van der Waals surface area contributed by atoms with Crippen LogP contribution in [0.25, 0.3) is 0 Å². The molecule has 0 aliphatic heterocycles. The third kappa shape index (κ3) is 2.79. The Balaban J connectivity index is 2.25. The van der Waals surface area contributed by atoms with Crippen molar-refractivity contribution >= 4 is 28.8 Å². The van der Waals surface area contributed by atoms with Gasteiger partial charge in [-0.15, -0.1) is 11.3 Å². The Hall–Kier alpha value is -1.20. The summed E-state index contributed by atoms with van der Waals surface area (Å²) in [6.45, 7) is 5.98. The summed E-state index contributed by atoms with van der Waals surface area (Å²) in [5, 5.41) is 6.84. The lowest BCUT2D eigenvalue weighted by atomic mass is 10.3. The van der Waals surface area contributed by atoms with Crippen molar-refractivity contribution in [3.63, 3.8) is 0 Å². The second-order valence-corrected chi connectivity index (χ2v) is 5.28. The minimum absolute atomic E-state index is 0.111. The maximum atomic E-state index is 6.10. The molecule has 0 saturated heterocycles. The zero-order valence-electron chi connectivity index (χ0n) is 10.6. The van der Waals surface area contributed by atoms with Crippen LogP contribution in [0.5, 0.6) is 0 Å². The fourth-order valence-electron chi connectivity index (χ4n) is 1.55.